The molecule has 2 N–H and O–H groups in total. The molecule has 1 saturated carbocycles. The van der Waals surface area contributed by atoms with Gasteiger partial charge in [0.05, 0.1) is 6.20 Å². The van der Waals surface area contributed by atoms with E-state index in [4.69, 9.17) is 5.73 Å². The molecule has 0 radical (unpaired) electrons. The van der Waals surface area contributed by atoms with Gasteiger partial charge in [-0.25, -0.2) is 0 Å². The van der Waals surface area contributed by atoms with Crippen LogP contribution in [0.1, 0.15) is 30.9 Å². The van der Waals surface area contributed by atoms with Crippen LogP contribution in [0.5, 0.6) is 0 Å². The normalized spacial score (nSPS) is 19.5. The molecule has 1 aromatic rings. The third kappa shape index (κ3) is 1.67. The molecule has 1 aliphatic carbocycles. The molecular formula is C9H15N3. The Morgan fingerprint density at radius 3 is 3.00 bits per heavy atom. The van der Waals surface area contributed by atoms with Crippen LogP contribution in [-0.2, 0) is 7.05 Å². The molecule has 1 aromatic heterocycles. The van der Waals surface area contributed by atoms with E-state index in [0.29, 0.717) is 0 Å². The molecule has 0 amide bonds. The SMILES string of the molecule is Cn1cc(C(N)CC2CC2)cn1. The van der Waals surface area contributed by atoms with Gasteiger partial charge in [0.15, 0.2) is 0 Å². The van der Waals surface area contributed by atoms with E-state index < -0.39 is 0 Å². The molecule has 2 rings (SSSR count). The summed E-state index contributed by atoms with van der Waals surface area (Å²) in [6.07, 6.45) is 7.74. The first-order valence-corrected chi connectivity index (χ1v) is 4.50. The van der Waals surface area contributed by atoms with Crippen molar-refractivity contribution in [3.63, 3.8) is 0 Å². The zero-order valence-corrected chi connectivity index (χ0v) is 7.40. The predicted molar refractivity (Wildman–Crippen MR) is 47.5 cm³/mol. The number of nitrogens with two attached hydrogens (primary N) is 1. The van der Waals surface area contributed by atoms with Crippen LogP contribution >= 0.6 is 0 Å². The Hall–Kier alpha value is -0.830. The Bertz CT molecular complexity index is 262. The van der Waals surface area contributed by atoms with E-state index in [1.807, 2.05) is 24.1 Å². The van der Waals surface area contributed by atoms with Crippen LogP contribution in [0.25, 0.3) is 0 Å². The van der Waals surface area contributed by atoms with Crippen molar-refractivity contribution in [1.29, 1.82) is 0 Å². The maximum Gasteiger partial charge on any atom is 0.0537 e. The van der Waals surface area contributed by atoms with Gasteiger partial charge in [-0.3, -0.25) is 4.68 Å². The molecule has 0 saturated heterocycles. The molecule has 12 heavy (non-hydrogen) atoms. The molecule has 1 fully saturated rings. The van der Waals surface area contributed by atoms with Crippen LogP contribution in [0.15, 0.2) is 12.4 Å². The second kappa shape index (κ2) is 2.90. The van der Waals surface area contributed by atoms with E-state index in [1.165, 1.54) is 18.4 Å². The van der Waals surface area contributed by atoms with Crippen molar-refractivity contribution in [1.82, 2.24) is 9.78 Å². The molecule has 3 nitrogen and oxygen atoms in total. The van der Waals surface area contributed by atoms with Crippen LogP contribution < -0.4 is 5.73 Å². The highest BCUT2D eigenvalue weighted by Crippen LogP contribution is 2.36. The largest absolute Gasteiger partial charge is 0.324 e. The minimum atomic E-state index is 0.200. The summed E-state index contributed by atoms with van der Waals surface area (Å²) in [5.41, 5.74) is 7.17. The molecule has 0 aromatic carbocycles. The zero-order valence-electron chi connectivity index (χ0n) is 7.40. The molecular weight excluding hydrogens is 150 g/mol. The van der Waals surface area contributed by atoms with Crippen molar-refractivity contribution in [2.24, 2.45) is 18.7 Å². The number of aromatic nitrogens is 2. The number of hydrogen-bond donors (Lipinski definition) is 1. The van der Waals surface area contributed by atoms with E-state index in [2.05, 4.69) is 5.10 Å². The molecule has 0 aliphatic heterocycles. The molecule has 0 spiro atoms. The Balaban J connectivity index is 1.97. The van der Waals surface area contributed by atoms with Crippen LogP contribution in [0.3, 0.4) is 0 Å². The number of hydrogen-bond acceptors (Lipinski definition) is 2. The summed E-state index contributed by atoms with van der Waals surface area (Å²) in [5, 5.41) is 4.10. The molecule has 66 valence electrons. The van der Waals surface area contributed by atoms with Gasteiger partial charge in [0.25, 0.3) is 0 Å². The van der Waals surface area contributed by atoms with Gasteiger partial charge in [0, 0.05) is 24.8 Å². The minimum Gasteiger partial charge on any atom is -0.324 e. The summed E-state index contributed by atoms with van der Waals surface area (Å²) in [7, 11) is 1.92. The first-order valence-electron chi connectivity index (χ1n) is 4.50. The standard InChI is InChI=1S/C9H15N3/c1-12-6-8(5-11-12)9(10)4-7-2-3-7/h5-7,9H,2-4,10H2,1H3. The zero-order chi connectivity index (χ0) is 8.55. The summed E-state index contributed by atoms with van der Waals surface area (Å²) in [6, 6.07) is 0.200. The Kier molecular flexibility index (Phi) is 1.89. The molecule has 1 unspecified atom stereocenters. The summed E-state index contributed by atoms with van der Waals surface area (Å²) in [5.74, 6) is 0.889. The third-order valence-corrected chi connectivity index (χ3v) is 2.44. The quantitative estimate of drug-likeness (QED) is 0.731. The first kappa shape index (κ1) is 7.80. The van der Waals surface area contributed by atoms with E-state index in [-0.39, 0.29) is 6.04 Å². The van der Waals surface area contributed by atoms with Gasteiger partial charge in [-0.1, -0.05) is 12.8 Å². The van der Waals surface area contributed by atoms with Crippen molar-refractivity contribution in [2.75, 3.05) is 0 Å². The van der Waals surface area contributed by atoms with Crippen LogP contribution in [-0.4, -0.2) is 9.78 Å². The smallest absolute Gasteiger partial charge is 0.0537 e. The average Bonchev–Trinajstić information content (AvgIpc) is 2.72. The summed E-state index contributed by atoms with van der Waals surface area (Å²) in [4.78, 5) is 0. The molecule has 1 aliphatic rings. The Labute approximate surface area is 72.6 Å². The lowest BCUT2D eigenvalue weighted by molar-refractivity contribution is 0.596. The Morgan fingerprint density at radius 2 is 2.50 bits per heavy atom. The predicted octanol–water partition coefficient (Wildman–Crippen LogP) is 1.22. The number of aryl methyl sites for hydroxylation is 1. The van der Waals surface area contributed by atoms with E-state index in [1.54, 1.807) is 0 Å². The van der Waals surface area contributed by atoms with Crippen LogP contribution in [0.4, 0.5) is 0 Å². The second-order valence-corrected chi connectivity index (χ2v) is 3.73. The lowest BCUT2D eigenvalue weighted by Gasteiger charge is -2.06. The van der Waals surface area contributed by atoms with Crippen LogP contribution in [0, 0.1) is 5.92 Å². The van der Waals surface area contributed by atoms with Crippen molar-refractivity contribution < 1.29 is 0 Å². The van der Waals surface area contributed by atoms with Crippen LogP contribution in [0.2, 0.25) is 0 Å². The van der Waals surface area contributed by atoms with Crippen molar-refractivity contribution in [3.8, 4) is 0 Å². The van der Waals surface area contributed by atoms with Crippen molar-refractivity contribution in [2.45, 2.75) is 25.3 Å². The molecule has 1 heterocycles. The fraction of sp³-hybridized carbons (Fsp3) is 0.667. The summed E-state index contributed by atoms with van der Waals surface area (Å²) < 4.78 is 1.81. The Morgan fingerprint density at radius 1 is 1.75 bits per heavy atom. The molecule has 0 bridgehead atoms. The number of nitrogens with zero attached hydrogens (tertiary/aromatic N) is 2. The third-order valence-electron chi connectivity index (χ3n) is 2.44. The van der Waals surface area contributed by atoms with Gasteiger partial charge in [0.1, 0.15) is 0 Å². The monoisotopic (exact) mass is 165 g/mol. The maximum absolute atomic E-state index is 6.00. The van der Waals surface area contributed by atoms with Gasteiger partial charge in [-0.2, -0.15) is 5.10 Å². The molecule has 1 atom stereocenters. The summed E-state index contributed by atoms with van der Waals surface area (Å²) >= 11 is 0. The average molecular weight is 165 g/mol. The highest BCUT2D eigenvalue weighted by atomic mass is 15.2. The van der Waals surface area contributed by atoms with Gasteiger partial charge in [-0.05, 0) is 12.3 Å². The highest BCUT2D eigenvalue weighted by Gasteiger charge is 2.24. The summed E-state index contributed by atoms with van der Waals surface area (Å²) in [6.45, 7) is 0. The van der Waals surface area contributed by atoms with Crippen molar-refractivity contribution >= 4 is 0 Å². The molecule has 3 heteroatoms. The second-order valence-electron chi connectivity index (χ2n) is 3.73. The fourth-order valence-corrected chi connectivity index (χ4v) is 1.48. The topological polar surface area (TPSA) is 43.8 Å². The lowest BCUT2D eigenvalue weighted by Crippen LogP contribution is -2.09. The van der Waals surface area contributed by atoms with Gasteiger partial charge in [0.2, 0.25) is 0 Å². The number of rotatable bonds is 3. The minimum absolute atomic E-state index is 0.200. The first-order chi connectivity index (χ1) is 5.75. The van der Waals surface area contributed by atoms with Gasteiger partial charge < -0.3 is 5.73 Å². The highest BCUT2D eigenvalue weighted by molar-refractivity contribution is 5.09. The van der Waals surface area contributed by atoms with Gasteiger partial charge >= 0.3 is 0 Å². The van der Waals surface area contributed by atoms with Crippen molar-refractivity contribution in [3.05, 3.63) is 18.0 Å². The lowest BCUT2D eigenvalue weighted by atomic mass is 10.1. The van der Waals surface area contributed by atoms with E-state index >= 15 is 0 Å². The maximum atomic E-state index is 6.00. The van der Waals surface area contributed by atoms with E-state index in [0.717, 1.165) is 12.3 Å². The fourth-order valence-electron chi connectivity index (χ4n) is 1.48. The van der Waals surface area contributed by atoms with Gasteiger partial charge in [-0.15, -0.1) is 0 Å². The van der Waals surface area contributed by atoms with E-state index in [9.17, 15) is 0 Å².